The van der Waals surface area contributed by atoms with Crippen molar-refractivity contribution in [3.8, 4) is 11.3 Å². The van der Waals surface area contributed by atoms with E-state index in [1.807, 2.05) is 38.1 Å². The minimum Gasteiger partial charge on any atom is -0.353 e. The summed E-state index contributed by atoms with van der Waals surface area (Å²) < 4.78 is 0. The number of aryl methyl sites for hydroxylation is 1. The first kappa shape index (κ1) is 15.5. The molecule has 0 aliphatic heterocycles. The third-order valence-electron chi connectivity index (χ3n) is 2.79. The molecule has 0 spiro atoms. The highest BCUT2D eigenvalue weighted by Gasteiger charge is 2.06. The van der Waals surface area contributed by atoms with Gasteiger partial charge in [-0.05, 0) is 32.9 Å². The minimum atomic E-state index is 0.0133. The molecule has 2 rings (SSSR count). The van der Waals surface area contributed by atoms with Crippen LogP contribution in [0.4, 0.5) is 0 Å². The number of carbonyl (C=O) groups is 1. The molecule has 0 saturated heterocycles. The maximum absolute atomic E-state index is 11.6. The van der Waals surface area contributed by atoms with E-state index in [2.05, 4.69) is 34.6 Å². The summed E-state index contributed by atoms with van der Waals surface area (Å²) in [5.74, 6) is 0.371. The Labute approximate surface area is 129 Å². The van der Waals surface area contributed by atoms with Crippen LogP contribution in [0.2, 0.25) is 0 Å². The smallest absolute Gasteiger partial charge is 0.230 e. The van der Waals surface area contributed by atoms with Crippen LogP contribution in [0.3, 0.4) is 0 Å². The first-order chi connectivity index (χ1) is 10.0. The van der Waals surface area contributed by atoms with E-state index < -0.39 is 0 Å². The Morgan fingerprint density at radius 3 is 2.43 bits per heavy atom. The molecular formula is C16H19N3OS. The summed E-state index contributed by atoms with van der Waals surface area (Å²) in [6.45, 7) is 5.94. The van der Waals surface area contributed by atoms with Crippen molar-refractivity contribution in [1.82, 2.24) is 15.5 Å². The van der Waals surface area contributed by atoms with Gasteiger partial charge < -0.3 is 5.32 Å². The van der Waals surface area contributed by atoms with E-state index >= 15 is 0 Å². The number of nitrogens with zero attached hydrogens (tertiary/aromatic N) is 2. The molecule has 0 atom stereocenters. The molecule has 0 unspecified atom stereocenters. The summed E-state index contributed by atoms with van der Waals surface area (Å²) in [7, 11) is 0. The van der Waals surface area contributed by atoms with Gasteiger partial charge in [0.1, 0.15) is 5.03 Å². The van der Waals surface area contributed by atoms with Gasteiger partial charge in [-0.1, -0.05) is 41.6 Å². The Hall–Kier alpha value is -1.88. The maximum Gasteiger partial charge on any atom is 0.230 e. The van der Waals surface area contributed by atoms with Crippen LogP contribution >= 0.6 is 11.8 Å². The van der Waals surface area contributed by atoms with Crippen LogP contribution in [0, 0.1) is 6.92 Å². The largest absolute Gasteiger partial charge is 0.353 e. The Morgan fingerprint density at radius 2 is 1.86 bits per heavy atom. The summed E-state index contributed by atoms with van der Waals surface area (Å²) in [4.78, 5) is 11.6. The normalized spacial score (nSPS) is 10.7. The molecule has 0 fully saturated rings. The lowest BCUT2D eigenvalue weighted by Crippen LogP contribution is -2.31. The molecule has 110 valence electrons. The second kappa shape index (κ2) is 7.22. The average Bonchev–Trinajstić information content (AvgIpc) is 2.46. The van der Waals surface area contributed by atoms with Crippen LogP contribution in [0.5, 0.6) is 0 Å². The Kier molecular flexibility index (Phi) is 5.33. The molecule has 1 N–H and O–H groups in total. The fourth-order valence-corrected chi connectivity index (χ4v) is 2.40. The highest BCUT2D eigenvalue weighted by Crippen LogP contribution is 2.20. The molecular weight excluding hydrogens is 282 g/mol. The number of hydrogen-bond acceptors (Lipinski definition) is 4. The molecule has 0 bridgehead atoms. The molecule has 0 aliphatic carbocycles. The zero-order valence-corrected chi connectivity index (χ0v) is 13.3. The summed E-state index contributed by atoms with van der Waals surface area (Å²) >= 11 is 1.39. The maximum atomic E-state index is 11.6. The summed E-state index contributed by atoms with van der Waals surface area (Å²) in [6.07, 6.45) is 0. The lowest BCUT2D eigenvalue weighted by atomic mass is 10.1. The predicted octanol–water partition coefficient (Wildman–Crippen LogP) is 3.07. The number of aromatic nitrogens is 2. The molecule has 1 amide bonds. The van der Waals surface area contributed by atoms with Gasteiger partial charge in [-0.25, -0.2) is 0 Å². The minimum absolute atomic E-state index is 0.0133. The molecule has 1 heterocycles. The molecule has 5 heteroatoms. The highest BCUT2D eigenvalue weighted by atomic mass is 32.2. The van der Waals surface area contributed by atoms with E-state index in [-0.39, 0.29) is 11.9 Å². The van der Waals surface area contributed by atoms with Crippen molar-refractivity contribution in [2.45, 2.75) is 31.8 Å². The van der Waals surface area contributed by atoms with Crippen LogP contribution in [0.25, 0.3) is 11.3 Å². The zero-order chi connectivity index (χ0) is 15.2. The number of nitrogens with one attached hydrogen (secondary N) is 1. The van der Waals surface area contributed by atoms with E-state index in [0.717, 1.165) is 16.3 Å². The van der Waals surface area contributed by atoms with Crippen LogP contribution in [0.1, 0.15) is 19.4 Å². The quantitative estimate of drug-likeness (QED) is 0.862. The summed E-state index contributed by atoms with van der Waals surface area (Å²) in [6, 6.07) is 12.2. The van der Waals surface area contributed by atoms with Gasteiger partial charge in [0.15, 0.2) is 0 Å². The van der Waals surface area contributed by atoms with Gasteiger partial charge in [0.2, 0.25) is 5.91 Å². The first-order valence-electron chi connectivity index (χ1n) is 6.87. The highest BCUT2D eigenvalue weighted by molar-refractivity contribution is 7.99. The Balaban J connectivity index is 1.96. The monoisotopic (exact) mass is 301 g/mol. The van der Waals surface area contributed by atoms with Crippen molar-refractivity contribution >= 4 is 17.7 Å². The first-order valence-corrected chi connectivity index (χ1v) is 7.86. The molecule has 0 saturated carbocycles. The van der Waals surface area contributed by atoms with Gasteiger partial charge in [-0.3, -0.25) is 4.79 Å². The van der Waals surface area contributed by atoms with Crippen molar-refractivity contribution in [1.29, 1.82) is 0 Å². The number of benzene rings is 1. The molecule has 0 aliphatic rings. The standard InChI is InChI=1S/C16H19N3OS/c1-11(2)17-15(20)10-21-16-9-8-14(18-19-16)13-6-4-12(3)5-7-13/h4-9,11H,10H2,1-3H3,(H,17,20). The van der Waals surface area contributed by atoms with Gasteiger partial charge in [0.25, 0.3) is 0 Å². The molecule has 2 aromatic rings. The third kappa shape index (κ3) is 4.86. The van der Waals surface area contributed by atoms with E-state index in [1.165, 1.54) is 17.3 Å². The van der Waals surface area contributed by atoms with Crippen molar-refractivity contribution in [2.24, 2.45) is 0 Å². The lowest BCUT2D eigenvalue weighted by Gasteiger charge is -2.07. The average molecular weight is 301 g/mol. The van der Waals surface area contributed by atoms with Crippen LogP contribution in [-0.4, -0.2) is 27.9 Å². The van der Waals surface area contributed by atoms with Crippen molar-refractivity contribution in [2.75, 3.05) is 5.75 Å². The van der Waals surface area contributed by atoms with E-state index in [9.17, 15) is 4.79 Å². The van der Waals surface area contributed by atoms with Crippen molar-refractivity contribution < 1.29 is 4.79 Å². The van der Waals surface area contributed by atoms with Crippen LogP contribution in [-0.2, 0) is 4.79 Å². The Bertz CT molecular complexity index is 594. The van der Waals surface area contributed by atoms with Crippen LogP contribution in [0.15, 0.2) is 41.4 Å². The van der Waals surface area contributed by atoms with E-state index in [4.69, 9.17) is 0 Å². The fourth-order valence-electron chi connectivity index (χ4n) is 1.78. The lowest BCUT2D eigenvalue weighted by molar-refractivity contribution is -0.119. The second-order valence-electron chi connectivity index (χ2n) is 5.13. The zero-order valence-electron chi connectivity index (χ0n) is 12.5. The summed E-state index contributed by atoms with van der Waals surface area (Å²) in [5.41, 5.74) is 3.10. The topological polar surface area (TPSA) is 54.9 Å². The number of rotatable bonds is 5. The Morgan fingerprint density at radius 1 is 1.14 bits per heavy atom. The SMILES string of the molecule is Cc1ccc(-c2ccc(SCC(=O)NC(C)C)nn2)cc1. The van der Waals surface area contributed by atoms with Gasteiger partial charge in [-0.2, -0.15) is 0 Å². The molecule has 21 heavy (non-hydrogen) atoms. The number of thioether (sulfide) groups is 1. The molecule has 0 radical (unpaired) electrons. The van der Waals surface area contributed by atoms with Gasteiger partial charge in [0, 0.05) is 11.6 Å². The summed E-state index contributed by atoms with van der Waals surface area (Å²) in [5, 5.41) is 12.0. The number of amides is 1. The van der Waals surface area contributed by atoms with Gasteiger partial charge >= 0.3 is 0 Å². The van der Waals surface area contributed by atoms with Crippen molar-refractivity contribution in [3.63, 3.8) is 0 Å². The fraction of sp³-hybridized carbons (Fsp3) is 0.312. The van der Waals surface area contributed by atoms with Gasteiger partial charge in [-0.15, -0.1) is 10.2 Å². The second-order valence-corrected chi connectivity index (χ2v) is 6.13. The molecule has 4 nitrogen and oxygen atoms in total. The molecule has 1 aromatic heterocycles. The van der Waals surface area contributed by atoms with Gasteiger partial charge in [0.05, 0.1) is 11.4 Å². The van der Waals surface area contributed by atoms with Crippen molar-refractivity contribution in [3.05, 3.63) is 42.0 Å². The number of hydrogen-bond donors (Lipinski definition) is 1. The van der Waals surface area contributed by atoms with Crippen LogP contribution < -0.4 is 5.32 Å². The third-order valence-corrected chi connectivity index (χ3v) is 3.71. The van der Waals surface area contributed by atoms with E-state index in [0.29, 0.717) is 5.75 Å². The molecule has 1 aromatic carbocycles. The predicted molar refractivity (Wildman–Crippen MR) is 86.2 cm³/mol. The number of carbonyl (C=O) groups excluding carboxylic acids is 1. The van der Waals surface area contributed by atoms with E-state index in [1.54, 1.807) is 0 Å².